The van der Waals surface area contributed by atoms with E-state index >= 15 is 0 Å². The van der Waals surface area contributed by atoms with E-state index in [0.29, 0.717) is 6.61 Å². The van der Waals surface area contributed by atoms with Crippen molar-refractivity contribution < 1.29 is 13.3 Å². The molecule has 6 heteroatoms. The van der Waals surface area contributed by atoms with E-state index in [-0.39, 0.29) is 4.90 Å². The summed E-state index contributed by atoms with van der Waals surface area (Å²) in [6.45, 7) is 5.32. The summed E-state index contributed by atoms with van der Waals surface area (Å²) in [6.07, 6.45) is 3.32. The Morgan fingerprint density at radius 3 is 2.45 bits per heavy atom. The van der Waals surface area contributed by atoms with Crippen molar-refractivity contribution in [2.24, 2.45) is 0 Å². The molecule has 1 aromatic rings. The molecule has 0 bridgehead atoms. The molecule has 1 N–H and O–H groups in total. The van der Waals surface area contributed by atoms with Gasteiger partial charge in [0.2, 0.25) is 0 Å². The van der Waals surface area contributed by atoms with Gasteiger partial charge in [0.05, 0.1) is 11.5 Å². The van der Waals surface area contributed by atoms with Crippen molar-refractivity contribution in [2.45, 2.75) is 31.1 Å². The summed E-state index contributed by atoms with van der Waals surface area (Å²) in [5.41, 5.74) is 1.11. The Kier molecular flexibility index (Phi) is 5.54. The maximum Gasteiger partial charge on any atom is 0.262 e. The molecule has 0 radical (unpaired) electrons. The topological polar surface area (TPSA) is 58.6 Å². The van der Waals surface area contributed by atoms with Gasteiger partial charge in [-0.25, -0.2) is 8.42 Å². The molecule has 1 saturated heterocycles. The van der Waals surface area contributed by atoms with Crippen LogP contribution >= 0.6 is 0 Å². The van der Waals surface area contributed by atoms with Crippen LogP contribution in [0.25, 0.3) is 0 Å². The lowest BCUT2D eigenvalue weighted by atomic mass is 10.2. The lowest BCUT2D eigenvalue weighted by Gasteiger charge is -2.14. The predicted molar refractivity (Wildman–Crippen MR) is 77.8 cm³/mol. The molecule has 1 heterocycles. The number of aryl methyl sites for hydroxylation is 1. The van der Waals surface area contributed by atoms with Crippen LogP contribution in [-0.2, 0) is 21.3 Å². The van der Waals surface area contributed by atoms with Gasteiger partial charge in [0.15, 0.2) is 0 Å². The molecule has 0 amide bonds. The second kappa shape index (κ2) is 7.17. The van der Waals surface area contributed by atoms with Crippen LogP contribution in [0.5, 0.6) is 0 Å². The molecule has 20 heavy (non-hydrogen) atoms. The average molecular weight is 298 g/mol. The van der Waals surface area contributed by atoms with Gasteiger partial charge in [0.25, 0.3) is 10.0 Å². The van der Waals surface area contributed by atoms with E-state index in [9.17, 15) is 8.42 Å². The van der Waals surface area contributed by atoms with Crippen LogP contribution < -0.4 is 4.89 Å². The largest absolute Gasteiger partial charge is 0.301 e. The first-order chi connectivity index (χ1) is 9.62. The van der Waals surface area contributed by atoms with E-state index < -0.39 is 10.0 Å². The average Bonchev–Trinajstić information content (AvgIpc) is 2.97. The molecular formula is C14H22N2O3S. The summed E-state index contributed by atoms with van der Waals surface area (Å²) in [5.74, 6) is 0. The van der Waals surface area contributed by atoms with E-state index in [2.05, 4.69) is 9.79 Å². The number of hydrogen-bond donors (Lipinski definition) is 1. The van der Waals surface area contributed by atoms with Crippen molar-refractivity contribution in [2.75, 3.05) is 26.2 Å². The van der Waals surface area contributed by atoms with E-state index in [4.69, 9.17) is 4.84 Å². The number of sulfonamides is 1. The van der Waals surface area contributed by atoms with Crippen LogP contribution in [0.15, 0.2) is 29.2 Å². The minimum atomic E-state index is -3.57. The van der Waals surface area contributed by atoms with Gasteiger partial charge < -0.3 is 4.90 Å². The fourth-order valence-corrected chi connectivity index (χ4v) is 3.08. The second-order valence-electron chi connectivity index (χ2n) is 4.98. The highest BCUT2D eigenvalue weighted by Crippen LogP contribution is 2.11. The Morgan fingerprint density at radius 2 is 1.85 bits per heavy atom. The Hall–Kier alpha value is -0.950. The summed E-state index contributed by atoms with van der Waals surface area (Å²) < 4.78 is 24.0. The summed E-state index contributed by atoms with van der Waals surface area (Å²) in [7, 11) is -3.57. The van der Waals surface area contributed by atoms with Crippen LogP contribution in [0.4, 0.5) is 0 Å². The van der Waals surface area contributed by atoms with Crippen molar-refractivity contribution in [3.8, 4) is 0 Å². The van der Waals surface area contributed by atoms with E-state index in [1.165, 1.54) is 12.8 Å². The second-order valence-corrected chi connectivity index (χ2v) is 6.63. The zero-order valence-corrected chi connectivity index (χ0v) is 12.7. The summed E-state index contributed by atoms with van der Waals surface area (Å²) in [5, 5.41) is 0. The lowest BCUT2D eigenvalue weighted by Crippen LogP contribution is -2.30. The zero-order chi connectivity index (χ0) is 14.4. The molecule has 5 nitrogen and oxygen atoms in total. The molecule has 2 rings (SSSR count). The highest BCUT2D eigenvalue weighted by molar-refractivity contribution is 7.89. The van der Waals surface area contributed by atoms with Crippen molar-refractivity contribution in [3.63, 3.8) is 0 Å². The molecule has 1 aliphatic rings. The van der Waals surface area contributed by atoms with Crippen molar-refractivity contribution >= 4 is 10.0 Å². The van der Waals surface area contributed by atoms with Gasteiger partial charge in [-0.1, -0.05) is 23.9 Å². The lowest BCUT2D eigenvalue weighted by molar-refractivity contribution is 0.0756. The molecule has 1 aliphatic heterocycles. The molecule has 0 aromatic heterocycles. The van der Waals surface area contributed by atoms with Gasteiger partial charge in [-0.3, -0.25) is 4.84 Å². The third-order valence-corrected chi connectivity index (χ3v) is 4.75. The quantitative estimate of drug-likeness (QED) is 0.613. The van der Waals surface area contributed by atoms with Gasteiger partial charge in [0.1, 0.15) is 0 Å². The minimum absolute atomic E-state index is 0.232. The maximum atomic E-state index is 12.0. The van der Waals surface area contributed by atoms with Gasteiger partial charge in [0, 0.05) is 6.54 Å². The molecule has 0 spiro atoms. The molecule has 0 aliphatic carbocycles. The highest BCUT2D eigenvalue weighted by Gasteiger charge is 2.15. The maximum absolute atomic E-state index is 12.0. The SMILES string of the molecule is CCc1ccc(S(=O)(=O)NOCCN2CCCC2)cc1. The van der Waals surface area contributed by atoms with Gasteiger partial charge in [-0.15, -0.1) is 0 Å². The van der Waals surface area contributed by atoms with Crippen LogP contribution in [0.2, 0.25) is 0 Å². The molecule has 112 valence electrons. The normalized spacial score (nSPS) is 16.6. The van der Waals surface area contributed by atoms with Crippen molar-refractivity contribution in [1.82, 2.24) is 9.79 Å². The van der Waals surface area contributed by atoms with Gasteiger partial charge in [-0.05, 0) is 50.0 Å². The van der Waals surface area contributed by atoms with Crippen LogP contribution in [-0.4, -0.2) is 39.6 Å². The highest BCUT2D eigenvalue weighted by atomic mass is 32.2. The Bertz CT molecular complexity index is 508. The molecule has 1 aromatic carbocycles. The fourth-order valence-electron chi connectivity index (χ4n) is 2.25. The Morgan fingerprint density at radius 1 is 1.20 bits per heavy atom. The molecule has 0 atom stereocenters. The van der Waals surface area contributed by atoms with E-state index in [1.54, 1.807) is 12.1 Å². The van der Waals surface area contributed by atoms with Crippen LogP contribution in [0, 0.1) is 0 Å². The van der Waals surface area contributed by atoms with Gasteiger partial charge in [-0.2, -0.15) is 0 Å². The monoisotopic (exact) mass is 298 g/mol. The summed E-state index contributed by atoms with van der Waals surface area (Å²) >= 11 is 0. The fraction of sp³-hybridized carbons (Fsp3) is 0.571. The summed E-state index contributed by atoms with van der Waals surface area (Å²) in [6, 6.07) is 6.84. The first-order valence-corrected chi connectivity index (χ1v) is 8.55. The Labute approximate surface area is 120 Å². The first kappa shape index (κ1) is 15.4. The minimum Gasteiger partial charge on any atom is -0.301 e. The molecule has 0 unspecified atom stereocenters. The number of hydrogen-bond acceptors (Lipinski definition) is 4. The van der Waals surface area contributed by atoms with E-state index in [1.807, 2.05) is 19.1 Å². The third kappa shape index (κ3) is 4.28. The molecular weight excluding hydrogens is 276 g/mol. The number of likely N-dealkylation sites (tertiary alicyclic amines) is 1. The van der Waals surface area contributed by atoms with Gasteiger partial charge >= 0.3 is 0 Å². The number of nitrogens with one attached hydrogen (secondary N) is 1. The Balaban J connectivity index is 1.80. The van der Waals surface area contributed by atoms with Crippen molar-refractivity contribution in [1.29, 1.82) is 0 Å². The number of rotatable bonds is 7. The molecule has 1 fully saturated rings. The zero-order valence-electron chi connectivity index (χ0n) is 11.8. The number of benzene rings is 1. The standard InChI is InChI=1S/C14H22N2O3S/c1-2-13-5-7-14(8-6-13)20(17,18)15-19-12-11-16-9-3-4-10-16/h5-8,15H,2-4,9-12H2,1H3. The van der Waals surface area contributed by atoms with E-state index in [0.717, 1.165) is 31.6 Å². The predicted octanol–water partition coefficient (Wildman–Crippen LogP) is 1.55. The van der Waals surface area contributed by atoms with Crippen LogP contribution in [0.3, 0.4) is 0 Å². The molecule has 0 saturated carbocycles. The first-order valence-electron chi connectivity index (χ1n) is 7.07. The smallest absolute Gasteiger partial charge is 0.262 e. The number of nitrogens with zero attached hydrogens (tertiary/aromatic N) is 1. The summed E-state index contributed by atoms with van der Waals surface area (Å²) in [4.78, 5) is 9.77. The van der Waals surface area contributed by atoms with Crippen molar-refractivity contribution in [3.05, 3.63) is 29.8 Å². The third-order valence-electron chi connectivity index (χ3n) is 3.52. The van der Waals surface area contributed by atoms with Crippen LogP contribution in [0.1, 0.15) is 25.3 Å².